The standard InChI is InChI=1S/C18H18N2S/c1-12-4-3-5-13(2)16(12)11-20-9-8-14-6-7-15(18(19)21)10-17(14)20/h3-10H,11H2,1-2H3,(H2,19,21). The number of aryl methyl sites for hydroxylation is 2. The Hall–Kier alpha value is -2.13. The van der Waals surface area contributed by atoms with Crippen molar-refractivity contribution in [3.05, 3.63) is 70.9 Å². The van der Waals surface area contributed by atoms with Crippen LogP contribution in [0.4, 0.5) is 0 Å². The van der Waals surface area contributed by atoms with Crippen molar-refractivity contribution >= 4 is 28.1 Å². The van der Waals surface area contributed by atoms with E-state index in [9.17, 15) is 0 Å². The number of thiocarbonyl (C=S) groups is 1. The monoisotopic (exact) mass is 294 g/mol. The lowest BCUT2D eigenvalue weighted by molar-refractivity contribution is 0.823. The molecule has 0 bridgehead atoms. The van der Waals surface area contributed by atoms with Gasteiger partial charge in [0.25, 0.3) is 0 Å². The van der Waals surface area contributed by atoms with Crippen LogP contribution in [0.3, 0.4) is 0 Å². The third-order valence-electron chi connectivity index (χ3n) is 4.03. The second-order valence-corrected chi connectivity index (χ2v) is 5.89. The molecule has 2 aromatic carbocycles. The van der Waals surface area contributed by atoms with Crippen LogP contribution in [0.2, 0.25) is 0 Å². The Morgan fingerprint density at radius 1 is 1.10 bits per heavy atom. The Bertz CT molecular complexity index is 810. The topological polar surface area (TPSA) is 30.9 Å². The van der Waals surface area contributed by atoms with Gasteiger partial charge in [0.15, 0.2) is 0 Å². The van der Waals surface area contributed by atoms with Crippen molar-refractivity contribution in [3.8, 4) is 0 Å². The summed E-state index contributed by atoms with van der Waals surface area (Å²) < 4.78 is 2.26. The van der Waals surface area contributed by atoms with Gasteiger partial charge in [-0.3, -0.25) is 0 Å². The van der Waals surface area contributed by atoms with E-state index < -0.39 is 0 Å². The van der Waals surface area contributed by atoms with Crippen LogP contribution in [0.5, 0.6) is 0 Å². The average Bonchev–Trinajstić information content (AvgIpc) is 2.85. The molecule has 3 aromatic rings. The van der Waals surface area contributed by atoms with Gasteiger partial charge in [0.1, 0.15) is 4.99 Å². The van der Waals surface area contributed by atoms with Crippen LogP contribution in [0.25, 0.3) is 10.9 Å². The summed E-state index contributed by atoms with van der Waals surface area (Å²) in [5.74, 6) is 0. The molecular weight excluding hydrogens is 276 g/mol. The number of rotatable bonds is 3. The van der Waals surface area contributed by atoms with Gasteiger partial charge in [0.05, 0.1) is 0 Å². The van der Waals surface area contributed by atoms with Crippen LogP contribution >= 0.6 is 12.2 Å². The summed E-state index contributed by atoms with van der Waals surface area (Å²) in [5.41, 5.74) is 11.8. The van der Waals surface area contributed by atoms with Crippen molar-refractivity contribution in [1.82, 2.24) is 4.57 Å². The number of hydrogen-bond donors (Lipinski definition) is 1. The first kappa shape index (κ1) is 13.8. The molecule has 1 aromatic heterocycles. The second kappa shape index (κ2) is 5.34. The van der Waals surface area contributed by atoms with Crippen LogP contribution < -0.4 is 5.73 Å². The van der Waals surface area contributed by atoms with E-state index in [0.29, 0.717) is 4.99 Å². The van der Waals surface area contributed by atoms with Crippen molar-refractivity contribution in [2.45, 2.75) is 20.4 Å². The summed E-state index contributed by atoms with van der Waals surface area (Å²) in [6.45, 7) is 5.19. The fraction of sp³-hybridized carbons (Fsp3) is 0.167. The van der Waals surface area contributed by atoms with Gasteiger partial charge in [-0.2, -0.15) is 0 Å². The summed E-state index contributed by atoms with van der Waals surface area (Å²) in [6, 6.07) is 14.7. The summed E-state index contributed by atoms with van der Waals surface area (Å²) in [4.78, 5) is 0.441. The number of fused-ring (bicyclic) bond motifs is 1. The molecule has 0 spiro atoms. The first-order valence-electron chi connectivity index (χ1n) is 7.00. The predicted octanol–water partition coefficient (Wildman–Crippen LogP) is 3.94. The minimum absolute atomic E-state index is 0.441. The van der Waals surface area contributed by atoms with Gasteiger partial charge >= 0.3 is 0 Å². The molecule has 0 unspecified atom stereocenters. The normalized spacial score (nSPS) is 11.0. The van der Waals surface area contributed by atoms with E-state index in [2.05, 4.69) is 61.0 Å². The highest BCUT2D eigenvalue weighted by atomic mass is 32.1. The van der Waals surface area contributed by atoms with Gasteiger partial charge in [-0.15, -0.1) is 0 Å². The van der Waals surface area contributed by atoms with Gasteiger partial charge in [0.2, 0.25) is 0 Å². The van der Waals surface area contributed by atoms with E-state index >= 15 is 0 Å². The van der Waals surface area contributed by atoms with Crippen molar-refractivity contribution < 1.29 is 0 Å². The molecule has 0 aliphatic carbocycles. The number of benzene rings is 2. The van der Waals surface area contributed by atoms with E-state index in [1.165, 1.54) is 27.6 Å². The summed E-state index contributed by atoms with van der Waals surface area (Å²) in [6.07, 6.45) is 2.12. The maximum atomic E-state index is 5.75. The number of hydrogen-bond acceptors (Lipinski definition) is 1. The van der Waals surface area contributed by atoms with Crippen molar-refractivity contribution in [1.29, 1.82) is 0 Å². The molecule has 0 saturated carbocycles. The Kier molecular flexibility index (Phi) is 3.52. The Balaban J connectivity index is 2.08. The van der Waals surface area contributed by atoms with Crippen molar-refractivity contribution in [2.75, 3.05) is 0 Å². The first-order valence-corrected chi connectivity index (χ1v) is 7.41. The highest BCUT2D eigenvalue weighted by Crippen LogP contribution is 2.21. The van der Waals surface area contributed by atoms with Crippen LogP contribution in [0.1, 0.15) is 22.3 Å². The van der Waals surface area contributed by atoms with E-state index in [1.807, 2.05) is 6.07 Å². The molecule has 3 heteroatoms. The molecule has 2 nitrogen and oxygen atoms in total. The van der Waals surface area contributed by atoms with Gasteiger partial charge in [-0.25, -0.2) is 0 Å². The number of aromatic nitrogens is 1. The molecule has 0 atom stereocenters. The largest absolute Gasteiger partial charge is 0.389 e. The summed E-state index contributed by atoms with van der Waals surface area (Å²) in [7, 11) is 0. The predicted molar refractivity (Wildman–Crippen MR) is 92.8 cm³/mol. The molecule has 0 radical (unpaired) electrons. The molecule has 0 fully saturated rings. The van der Waals surface area contributed by atoms with Gasteiger partial charge in [-0.05, 0) is 48.1 Å². The molecule has 0 aliphatic heterocycles. The Morgan fingerprint density at radius 3 is 2.48 bits per heavy atom. The average molecular weight is 294 g/mol. The van der Waals surface area contributed by atoms with Gasteiger partial charge < -0.3 is 10.3 Å². The molecule has 2 N–H and O–H groups in total. The minimum Gasteiger partial charge on any atom is -0.389 e. The highest BCUT2D eigenvalue weighted by Gasteiger charge is 2.07. The molecule has 21 heavy (non-hydrogen) atoms. The molecule has 1 heterocycles. The summed E-state index contributed by atoms with van der Waals surface area (Å²) >= 11 is 5.08. The highest BCUT2D eigenvalue weighted by molar-refractivity contribution is 7.80. The summed E-state index contributed by atoms with van der Waals surface area (Å²) in [5, 5.41) is 1.21. The molecule has 0 saturated heterocycles. The molecule has 3 rings (SSSR count). The lowest BCUT2D eigenvalue weighted by atomic mass is 10.0. The van der Waals surface area contributed by atoms with Gasteiger partial charge in [-0.1, -0.05) is 42.5 Å². The zero-order valence-electron chi connectivity index (χ0n) is 12.3. The molecule has 0 amide bonds. The number of nitrogens with zero attached hydrogens (tertiary/aromatic N) is 1. The van der Waals surface area contributed by atoms with E-state index in [1.54, 1.807) is 0 Å². The smallest absolute Gasteiger partial charge is 0.104 e. The fourth-order valence-electron chi connectivity index (χ4n) is 2.74. The van der Waals surface area contributed by atoms with Crippen molar-refractivity contribution in [3.63, 3.8) is 0 Å². The van der Waals surface area contributed by atoms with Crippen LogP contribution in [0.15, 0.2) is 48.7 Å². The Labute approximate surface area is 130 Å². The molecule has 106 valence electrons. The maximum Gasteiger partial charge on any atom is 0.104 e. The number of nitrogens with two attached hydrogens (primary N) is 1. The maximum absolute atomic E-state index is 5.75. The lowest BCUT2D eigenvalue weighted by Gasteiger charge is -2.12. The van der Waals surface area contributed by atoms with Crippen molar-refractivity contribution in [2.24, 2.45) is 5.73 Å². The van der Waals surface area contributed by atoms with Crippen LogP contribution in [-0.2, 0) is 6.54 Å². The quantitative estimate of drug-likeness (QED) is 0.742. The third kappa shape index (κ3) is 2.57. The molecular formula is C18H18N2S. The van der Waals surface area contributed by atoms with Crippen LogP contribution in [-0.4, -0.2) is 9.56 Å². The lowest BCUT2D eigenvalue weighted by Crippen LogP contribution is -2.09. The SMILES string of the molecule is Cc1cccc(C)c1Cn1ccc2ccc(C(N)=S)cc21. The second-order valence-electron chi connectivity index (χ2n) is 5.45. The van der Waals surface area contributed by atoms with E-state index in [0.717, 1.165) is 12.1 Å². The zero-order valence-corrected chi connectivity index (χ0v) is 13.1. The van der Waals surface area contributed by atoms with Gasteiger partial charge in [0, 0.05) is 23.8 Å². The first-order chi connectivity index (χ1) is 10.1. The minimum atomic E-state index is 0.441. The van der Waals surface area contributed by atoms with Crippen LogP contribution in [0, 0.1) is 13.8 Å². The third-order valence-corrected chi connectivity index (χ3v) is 4.27. The Morgan fingerprint density at radius 2 is 1.81 bits per heavy atom. The van der Waals surface area contributed by atoms with E-state index in [4.69, 9.17) is 18.0 Å². The van der Waals surface area contributed by atoms with E-state index in [-0.39, 0.29) is 0 Å². The zero-order chi connectivity index (χ0) is 15.0. The molecule has 0 aliphatic rings. The fourth-order valence-corrected chi connectivity index (χ4v) is 2.87.